The number of hydrogen-bond donors (Lipinski definition) is 0. The second-order valence-electron chi connectivity index (χ2n) is 12.9. The van der Waals surface area contributed by atoms with Gasteiger partial charge in [0, 0.05) is 28.3 Å². The molecule has 0 bridgehead atoms. The van der Waals surface area contributed by atoms with E-state index in [9.17, 15) is 0 Å². The summed E-state index contributed by atoms with van der Waals surface area (Å²) >= 11 is 0. The Bertz CT molecular complexity index is 2170. The Morgan fingerprint density at radius 2 is 1.29 bits per heavy atom. The molecule has 1 heterocycles. The topological polar surface area (TPSA) is 12.5 Å². The van der Waals surface area contributed by atoms with Crippen molar-refractivity contribution < 1.29 is 4.74 Å². The number of anilines is 2. The molecule has 0 radical (unpaired) electrons. The van der Waals surface area contributed by atoms with Crippen molar-refractivity contribution in [2.24, 2.45) is 0 Å². The van der Waals surface area contributed by atoms with Crippen molar-refractivity contribution in [1.29, 1.82) is 0 Å². The van der Waals surface area contributed by atoms with Crippen LogP contribution in [-0.4, -0.2) is 6.10 Å². The summed E-state index contributed by atoms with van der Waals surface area (Å²) in [6.45, 7) is 4.69. The van der Waals surface area contributed by atoms with Gasteiger partial charge in [-0.3, -0.25) is 0 Å². The van der Waals surface area contributed by atoms with Crippen LogP contribution in [0.15, 0.2) is 157 Å². The fraction of sp³-hybridized carbons (Fsp3) is 0.116. The fourth-order valence-corrected chi connectivity index (χ4v) is 7.90. The molecule has 3 aliphatic rings. The number of benzene rings is 6. The maximum absolute atomic E-state index is 7.04. The van der Waals surface area contributed by atoms with Gasteiger partial charge in [0.1, 0.15) is 11.9 Å². The standard InChI is InChI=1S/C43H33NO/c1-43(2)37-22-12-11-19-32(37)33-25-24-30(26-38(33)43)44(29-16-7-4-8-17-29)39-23-13-21-35-41-34-20-10-9-18-31(34)36(27-40(41)45-42(35)39)28-14-5-3-6-15-28/h3-27,35,42H,1-2H3. The van der Waals surface area contributed by atoms with Crippen LogP contribution in [0.2, 0.25) is 0 Å². The first kappa shape index (κ1) is 26.1. The molecule has 2 unspecified atom stereocenters. The average molecular weight is 580 g/mol. The molecule has 1 aliphatic heterocycles. The summed E-state index contributed by atoms with van der Waals surface area (Å²) in [5, 5.41) is 2.52. The molecule has 2 nitrogen and oxygen atoms in total. The van der Waals surface area contributed by atoms with Crippen LogP contribution in [0.25, 0.3) is 33.0 Å². The molecule has 0 spiro atoms. The van der Waals surface area contributed by atoms with Crippen molar-refractivity contribution in [3.63, 3.8) is 0 Å². The lowest BCUT2D eigenvalue weighted by Gasteiger charge is -2.34. The minimum absolute atomic E-state index is 0.0828. The highest BCUT2D eigenvalue weighted by Crippen LogP contribution is 2.53. The lowest BCUT2D eigenvalue weighted by molar-refractivity contribution is 0.253. The maximum Gasteiger partial charge on any atom is 0.149 e. The summed E-state index contributed by atoms with van der Waals surface area (Å²) in [5.41, 5.74) is 12.4. The summed E-state index contributed by atoms with van der Waals surface area (Å²) in [5.74, 6) is 1.08. The Morgan fingerprint density at radius 1 is 0.600 bits per heavy atom. The zero-order valence-corrected chi connectivity index (χ0v) is 25.4. The quantitative estimate of drug-likeness (QED) is 0.206. The van der Waals surface area contributed by atoms with Gasteiger partial charge in [0.15, 0.2) is 0 Å². The van der Waals surface area contributed by atoms with Crippen molar-refractivity contribution in [1.82, 2.24) is 0 Å². The van der Waals surface area contributed by atoms with Crippen LogP contribution >= 0.6 is 0 Å². The Morgan fingerprint density at radius 3 is 2.11 bits per heavy atom. The second-order valence-corrected chi connectivity index (χ2v) is 12.9. The first-order chi connectivity index (χ1) is 22.1. The summed E-state index contributed by atoms with van der Waals surface area (Å²) in [4.78, 5) is 2.41. The molecular formula is C43H33NO. The fourth-order valence-electron chi connectivity index (χ4n) is 7.90. The number of allylic oxidation sites excluding steroid dienone is 2. The average Bonchev–Trinajstić information content (AvgIpc) is 3.58. The third-order valence-electron chi connectivity index (χ3n) is 10.0. The minimum Gasteiger partial charge on any atom is -0.483 e. The van der Waals surface area contributed by atoms with Crippen molar-refractivity contribution in [2.45, 2.75) is 31.3 Å². The smallest absolute Gasteiger partial charge is 0.149 e. The zero-order chi connectivity index (χ0) is 30.1. The van der Waals surface area contributed by atoms with Gasteiger partial charge in [-0.2, -0.15) is 0 Å². The number of fused-ring (bicyclic) bond motifs is 8. The highest BCUT2D eigenvalue weighted by molar-refractivity contribution is 6.01. The molecule has 0 fully saturated rings. The molecule has 0 aromatic heterocycles. The highest BCUT2D eigenvalue weighted by atomic mass is 16.5. The monoisotopic (exact) mass is 579 g/mol. The molecular weight excluding hydrogens is 546 g/mol. The summed E-state index contributed by atoms with van der Waals surface area (Å²) in [7, 11) is 0. The second kappa shape index (κ2) is 9.84. The summed E-state index contributed by atoms with van der Waals surface area (Å²) in [6.07, 6.45) is 6.63. The molecule has 6 aromatic carbocycles. The van der Waals surface area contributed by atoms with Crippen molar-refractivity contribution >= 4 is 22.1 Å². The Labute approximate surface area is 264 Å². The predicted molar refractivity (Wildman–Crippen MR) is 186 cm³/mol. The van der Waals surface area contributed by atoms with E-state index in [2.05, 4.69) is 170 Å². The Kier molecular flexibility index (Phi) is 5.70. The third-order valence-corrected chi connectivity index (χ3v) is 10.0. The van der Waals surface area contributed by atoms with Gasteiger partial charge in [-0.25, -0.2) is 0 Å². The van der Waals surface area contributed by atoms with Crippen LogP contribution < -0.4 is 9.64 Å². The maximum atomic E-state index is 7.04. The van der Waals surface area contributed by atoms with E-state index >= 15 is 0 Å². The molecule has 216 valence electrons. The molecule has 2 atom stereocenters. The van der Waals surface area contributed by atoms with Gasteiger partial charge in [0.25, 0.3) is 0 Å². The molecule has 0 amide bonds. The summed E-state index contributed by atoms with van der Waals surface area (Å²) < 4.78 is 7.04. The van der Waals surface area contributed by atoms with E-state index in [1.54, 1.807) is 0 Å². The molecule has 6 aromatic rings. The molecule has 0 N–H and O–H groups in total. The number of hydrogen-bond acceptors (Lipinski definition) is 2. The van der Waals surface area contributed by atoms with Gasteiger partial charge < -0.3 is 9.64 Å². The first-order valence-electron chi connectivity index (χ1n) is 15.9. The lowest BCUT2D eigenvalue weighted by Crippen LogP contribution is -2.32. The van der Waals surface area contributed by atoms with E-state index in [1.165, 1.54) is 49.7 Å². The van der Waals surface area contributed by atoms with Crippen LogP contribution in [-0.2, 0) is 5.41 Å². The summed E-state index contributed by atoms with van der Waals surface area (Å²) in [6, 6.07) is 48.3. The van der Waals surface area contributed by atoms with E-state index in [0.29, 0.717) is 0 Å². The number of rotatable bonds is 4. The third kappa shape index (κ3) is 3.88. The van der Waals surface area contributed by atoms with E-state index in [1.807, 2.05) is 0 Å². The Balaban J connectivity index is 1.19. The van der Waals surface area contributed by atoms with Crippen LogP contribution in [0.3, 0.4) is 0 Å². The van der Waals surface area contributed by atoms with Crippen molar-refractivity contribution in [3.05, 3.63) is 174 Å². The number of nitrogens with zero attached hydrogens (tertiary/aromatic N) is 1. The van der Waals surface area contributed by atoms with Gasteiger partial charge in [-0.15, -0.1) is 0 Å². The lowest BCUT2D eigenvalue weighted by atomic mass is 9.82. The molecule has 9 rings (SSSR count). The SMILES string of the molecule is CC1(C)c2ccccc2-c2ccc(N(C3=CC=CC4c5c(cc(-c6ccccc6)c6ccccc56)OC34)c3ccccc3)cc21. The van der Waals surface area contributed by atoms with Crippen LogP contribution in [0.5, 0.6) is 5.75 Å². The zero-order valence-electron chi connectivity index (χ0n) is 25.4. The molecule has 2 heteroatoms. The van der Waals surface area contributed by atoms with E-state index < -0.39 is 0 Å². The largest absolute Gasteiger partial charge is 0.483 e. The van der Waals surface area contributed by atoms with Crippen LogP contribution in [0.4, 0.5) is 11.4 Å². The van der Waals surface area contributed by atoms with E-state index in [0.717, 1.165) is 22.8 Å². The van der Waals surface area contributed by atoms with Crippen LogP contribution in [0.1, 0.15) is 36.5 Å². The molecule has 2 aliphatic carbocycles. The van der Waals surface area contributed by atoms with E-state index in [4.69, 9.17) is 4.74 Å². The first-order valence-corrected chi connectivity index (χ1v) is 15.9. The molecule has 0 saturated heterocycles. The van der Waals surface area contributed by atoms with Crippen molar-refractivity contribution in [3.8, 4) is 28.0 Å². The molecule has 0 saturated carbocycles. The van der Waals surface area contributed by atoms with Gasteiger partial charge in [-0.05, 0) is 80.6 Å². The highest BCUT2D eigenvalue weighted by Gasteiger charge is 2.42. The van der Waals surface area contributed by atoms with Gasteiger partial charge in [0.2, 0.25) is 0 Å². The number of ether oxygens (including phenoxy) is 1. The van der Waals surface area contributed by atoms with Crippen LogP contribution in [0, 0.1) is 0 Å². The van der Waals surface area contributed by atoms with Crippen molar-refractivity contribution in [2.75, 3.05) is 4.90 Å². The van der Waals surface area contributed by atoms with Gasteiger partial charge in [-0.1, -0.05) is 129 Å². The van der Waals surface area contributed by atoms with Gasteiger partial charge in [0.05, 0.1) is 5.70 Å². The Hall–Kier alpha value is -5.34. The predicted octanol–water partition coefficient (Wildman–Crippen LogP) is 10.9. The minimum atomic E-state index is -0.155. The number of para-hydroxylation sites is 1. The molecule has 45 heavy (non-hydrogen) atoms. The van der Waals surface area contributed by atoms with E-state index in [-0.39, 0.29) is 17.4 Å². The van der Waals surface area contributed by atoms with Gasteiger partial charge >= 0.3 is 0 Å². The normalized spacial score (nSPS) is 18.4.